The lowest BCUT2D eigenvalue weighted by molar-refractivity contribution is -0.140. The van der Waals surface area contributed by atoms with E-state index >= 15 is 0 Å². The highest BCUT2D eigenvalue weighted by molar-refractivity contribution is 7.89. The highest BCUT2D eigenvalue weighted by Crippen LogP contribution is 2.25. The van der Waals surface area contributed by atoms with Crippen LogP contribution < -0.4 is 9.46 Å². The number of nitrogens with one attached hydrogen (secondary N) is 1. The van der Waals surface area contributed by atoms with E-state index < -0.39 is 28.0 Å². The second kappa shape index (κ2) is 9.93. The zero-order valence-electron chi connectivity index (χ0n) is 17.7. The highest BCUT2D eigenvalue weighted by atomic mass is 32.2. The van der Waals surface area contributed by atoms with E-state index in [1.165, 1.54) is 18.2 Å². The number of sulfonamides is 1. The summed E-state index contributed by atoms with van der Waals surface area (Å²) in [5, 5.41) is 9.23. The Balaban J connectivity index is 1.69. The Morgan fingerprint density at radius 2 is 1.53 bits per heavy atom. The Morgan fingerprint density at radius 1 is 0.969 bits per heavy atom. The minimum Gasteiger partial charge on any atom is -0.489 e. The second-order valence-corrected chi connectivity index (χ2v) is 9.32. The van der Waals surface area contributed by atoms with Crippen LogP contribution in [0.5, 0.6) is 5.75 Å². The van der Waals surface area contributed by atoms with Gasteiger partial charge in [-0.15, -0.1) is 0 Å². The molecular weight excluding hydrogens is 433 g/mol. The predicted molar refractivity (Wildman–Crippen MR) is 119 cm³/mol. The maximum atomic E-state index is 13.7. The average molecular weight is 458 g/mol. The number of carbonyl (C=O) groups is 1. The SMILES string of the molecule is CC(C)[C@@H](NS(=O)(=O)c1ccc(-c2ccc(OCc3ccccc3F)cc2)cc1)C(=O)O. The number of ether oxygens (including phenoxy) is 1. The molecule has 0 saturated carbocycles. The molecule has 3 aromatic carbocycles. The summed E-state index contributed by atoms with van der Waals surface area (Å²) in [4.78, 5) is 11.3. The van der Waals surface area contributed by atoms with Crippen molar-refractivity contribution in [3.05, 3.63) is 84.2 Å². The lowest BCUT2D eigenvalue weighted by Crippen LogP contribution is -2.44. The van der Waals surface area contributed by atoms with Crippen LogP contribution >= 0.6 is 0 Å². The first-order valence-corrected chi connectivity index (χ1v) is 11.5. The van der Waals surface area contributed by atoms with Gasteiger partial charge in [0.1, 0.15) is 24.2 Å². The summed E-state index contributed by atoms with van der Waals surface area (Å²) < 4.78 is 46.6. The maximum absolute atomic E-state index is 13.7. The summed E-state index contributed by atoms with van der Waals surface area (Å²) in [5.41, 5.74) is 2.08. The van der Waals surface area contributed by atoms with Crippen LogP contribution in [0.1, 0.15) is 19.4 Å². The third kappa shape index (κ3) is 5.72. The molecule has 0 aromatic heterocycles. The van der Waals surface area contributed by atoms with Crippen molar-refractivity contribution < 1.29 is 27.4 Å². The second-order valence-electron chi connectivity index (χ2n) is 7.61. The van der Waals surface area contributed by atoms with Crippen molar-refractivity contribution in [2.24, 2.45) is 5.92 Å². The van der Waals surface area contributed by atoms with Crippen LogP contribution in [0.2, 0.25) is 0 Å². The van der Waals surface area contributed by atoms with Crippen molar-refractivity contribution in [1.29, 1.82) is 0 Å². The van der Waals surface area contributed by atoms with Gasteiger partial charge in [-0.2, -0.15) is 4.72 Å². The van der Waals surface area contributed by atoms with E-state index in [1.54, 1.807) is 56.3 Å². The Bertz CT molecular complexity index is 1180. The van der Waals surface area contributed by atoms with Crippen LogP contribution in [-0.2, 0) is 21.4 Å². The van der Waals surface area contributed by atoms with Gasteiger partial charge in [-0.3, -0.25) is 4.79 Å². The van der Waals surface area contributed by atoms with Gasteiger partial charge in [-0.1, -0.05) is 56.3 Å². The fourth-order valence-corrected chi connectivity index (χ4v) is 4.39. The smallest absolute Gasteiger partial charge is 0.322 e. The summed E-state index contributed by atoms with van der Waals surface area (Å²) in [6, 6.07) is 18.5. The molecule has 0 unspecified atom stereocenters. The molecule has 6 nitrogen and oxygen atoms in total. The first kappa shape index (κ1) is 23.4. The van der Waals surface area contributed by atoms with Crippen molar-refractivity contribution in [2.45, 2.75) is 31.4 Å². The van der Waals surface area contributed by atoms with Gasteiger partial charge in [-0.05, 0) is 47.4 Å². The molecular formula is C24H24FNO5S. The van der Waals surface area contributed by atoms with Crippen molar-refractivity contribution >= 4 is 16.0 Å². The minimum absolute atomic E-state index is 0.0157. The number of halogens is 1. The van der Waals surface area contributed by atoms with E-state index in [2.05, 4.69) is 4.72 Å². The van der Waals surface area contributed by atoms with Crippen LogP contribution in [0.3, 0.4) is 0 Å². The van der Waals surface area contributed by atoms with Gasteiger partial charge in [0, 0.05) is 5.56 Å². The largest absolute Gasteiger partial charge is 0.489 e. The Kier molecular flexibility index (Phi) is 7.27. The van der Waals surface area contributed by atoms with Crippen LogP contribution in [0.15, 0.2) is 77.7 Å². The summed E-state index contributed by atoms with van der Waals surface area (Å²) >= 11 is 0. The molecule has 3 rings (SSSR count). The number of hydrogen-bond acceptors (Lipinski definition) is 4. The molecule has 0 radical (unpaired) electrons. The van der Waals surface area contributed by atoms with E-state index in [1.807, 2.05) is 12.1 Å². The van der Waals surface area contributed by atoms with Gasteiger partial charge in [0.25, 0.3) is 0 Å². The number of rotatable bonds is 9. The summed E-state index contributed by atoms with van der Waals surface area (Å²) in [6.07, 6.45) is 0. The first-order chi connectivity index (χ1) is 15.2. The van der Waals surface area contributed by atoms with E-state index in [0.717, 1.165) is 11.1 Å². The Morgan fingerprint density at radius 3 is 2.06 bits per heavy atom. The quantitative estimate of drug-likeness (QED) is 0.495. The molecule has 0 amide bonds. The topological polar surface area (TPSA) is 92.7 Å². The molecule has 0 aliphatic heterocycles. The molecule has 1 atom stereocenters. The molecule has 32 heavy (non-hydrogen) atoms. The normalized spacial score (nSPS) is 12.5. The Labute approximate surface area is 186 Å². The zero-order valence-corrected chi connectivity index (χ0v) is 18.5. The number of carboxylic acids is 1. The first-order valence-electron chi connectivity index (χ1n) is 9.99. The fraction of sp³-hybridized carbons (Fsp3) is 0.208. The summed E-state index contributed by atoms with van der Waals surface area (Å²) in [6.45, 7) is 3.38. The molecule has 2 N–H and O–H groups in total. The van der Waals surface area contributed by atoms with Crippen molar-refractivity contribution in [1.82, 2.24) is 4.72 Å². The van der Waals surface area contributed by atoms with Crippen LogP contribution in [0, 0.1) is 11.7 Å². The molecule has 168 valence electrons. The van der Waals surface area contributed by atoms with Gasteiger partial charge in [0.15, 0.2) is 0 Å². The number of aliphatic carboxylic acids is 1. The van der Waals surface area contributed by atoms with Gasteiger partial charge in [-0.25, -0.2) is 12.8 Å². The lowest BCUT2D eigenvalue weighted by Gasteiger charge is -2.18. The Hall–Kier alpha value is -3.23. The maximum Gasteiger partial charge on any atom is 0.322 e. The highest BCUT2D eigenvalue weighted by Gasteiger charge is 2.27. The number of carboxylic acid groups (broad SMARTS) is 1. The third-order valence-corrected chi connectivity index (χ3v) is 6.38. The molecule has 0 fully saturated rings. The van der Waals surface area contributed by atoms with Gasteiger partial charge in [0.05, 0.1) is 4.90 Å². The molecule has 0 heterocycles. The molecule has 0 saturated heterocycles. The molecule has 0 aliphatic rings. The van der Waals surface area contributed by atoms with Gasteiger partial charge < -0.3 is 9.84 Å². The van der Waals surface area contributed by atoms with Crippen LogP contribution in [-0.4, -0.2) is 25.5 Å². The van der Waals surface area contributed by atoms with E-state index in [-0.39, 0.29) is 17.3 Å². The van der Waals surface area contributed by atoms with Crippen LogP contribution in [0.4, 0.5) is 4.39 Å². The van der Waals surface area contributed by atoms with Gasteiger partial charge in [0.2, 0.25) is 10.0 Å². The van der Waals surface area contributed by atoms with Crippen LogP contribution in [0.25, 0.3) is 11.1 Å². The van der Waals surface area contributed by atoms with Gasteiger partial charge >= 0.3 is 5.97 Å². The third-order valence-electron chi connectivity index (χ3n) is 4.92. The van der Waals surface area contributed by atoms with E-state index in [4.69, 9.17) is 4.74 Å². The van der Waals surface area contributed by atoms with Crippen molar-refractivity contribution in [3.63, 3.8) is 0 Å². The standard InChI is InChI=1S/C24H24FNO5S/c1-16(2)23(24(27)28)26-32(29,30)21-13-9-18(10-14-21)17-7-11-20(12-8-17)31-15-19-5-3-4-6-22(19)25/h3-14,16,23,26H,15H2,1-2H3,(H,27,28)/t23-/m1/s1. The molecule has 0 spiro atoms. The predicted octanol–water partition coefficient (Wildman–Crippen LogP) is 4.46. The monoisotopic (exact) mass is 457 g/mol. The number of benzene rings is 3. The number of hydrogen-bond donors (Lipinski definition) is 2. The summed E-state index contributed by atoms with van der Waals surface area (Å²) in [7, 11) is -3.97. The summed E-state index contributed by atoms with van der Waals surface area (Å²) in [5.74, 6) is -1.37. The molecule has 0 bridgehead atoms. The van der Waals surface area contributed by atoms with Crippen molar-refractivity contribution in [2.75, 3.05) is 0 Å². The molecule has 0 aliphatic carbocycles. The van der Waals surface area contributed by atoms with E-state index in [0.29, 0.717) is 11.3 Å². The van der Waals surface area contributed by atoms with E-state index in [9.17, 15) is 22.7 Å². The van der Waals surface area contributed by atoms with Crippen molar-refractivity contribution in [3.8, 4) is 16.9 Å². The average Bonchev–Trinajstić information content (AvgIpc) is 2.77. The fourth-order valence-electron chi connectivity index (χ4n) is 3.05. The zero-order chi connectivity index (χ0) is 23.3. The molecule has 3 aromatic rings. The lowest BCUT2D eigenvalue weighted by atomic mass is 10.1. The minimum atomic E-state index is -3.97. The molecule has 8 heteroatoms.